The van der Waals surface area contributed by atoms with Crippen molar-refractivity contribution < 1.29 is 4.74 Å². The summed E-state index contributed by atoms with van der Waals surface area (Å²) < 4.78 is 5.59. The zero-order valence-corrected chi connectivity index (χ0v) is 12.5. The maximum absolute atomic E-state index is 11.6. The van der Waals surface area contributed by atoms with Crippen molar-refractivity contribution in [3.05, 3.63) is 46.4 Å². The van der Waals surface area contributed by atoms with Gasteiger partial charge in [-0.3, -0.25) is 9.78 Å². The van der Waals surface area contributed by atoms with Crippen molar-refractivity contribution in [3.63, 3.8) is 0 Å². The van der Waals surface area contributed by atoms with Gasteiger partial charge in [0.15, 0.2) is 0 Å². The molecule has 0 aliphatic carbocycles. The second-order valence-electron chi connectivity index (χ2n) is 4.84. The Bertz CT molecular complexity index is 637. The minimum absolute atomic E-state index is 0.144. The SMILES string of the molecule is CCCOc1cccc(Nc2nc(CCC)cc(=O)[nH]2)c1. The summed E-state index contributed by atoms with van der Waals surface area (Å²) in [5.74, 6) is 1.26. The van der Waals surface area contributed by atoms with Crippen LogP contribution in [0.2, 0.25) is 0 Å². The summed E-state index contributed by atoms with van der Waals surface area (Å²) in [4.78, 5) is 18.7. The van der Waals surface area contributed by atoms with Gasteiger partial charge in [0.2, 0.25) is 5.95 Å². The van der Waals surface area contributed by atoms with E-state index in [1.165, 1.54) is 6.07 Å². The van der Waals surface area contributed by atoms with E-state index in [1.54, 1.807) is 0 Å². The fourth-order valence-electron chi connectivity index (χ4n) is 1.97. The number of ether oxygens (including phenoxy) is 1. The topological polar surface area (TPSA) is 67.0 Å². The van der Waals surface area contributed by atoms with Gasteiger partial charge in [-0.25, -0.2) is 4.98 Å². The molecule has 5 heteroatoms. The van der Waals surface area contributed by atoms with Gasteiger partial charge in [-0.2, -0.15) is 0 Å². The lowest BCUT2D eigenvalue weighted by molar-refractivity contribution is 0.317. The molecule has 21 heavy (non-hydrogen) atoms. The Morgan fingerprint density at radius 1 is 1.24 bits per heavy atom. The van der Waals surface area contributed by atoms with Crippen LogP contribution in [0.1, 0.15) is 32.4 Å². The number of H-pyrrole nitrogens is 1. The monoisotopic (exact) mass is 287 g/mol. The Morgan fingerprint density at radius 2 is 2.10 bits per heavy atom. The smallest absolute Gasteiger partial charge is 0.252 e. The Kier molecular flexibility index (Phi) is 5.37. The first-order valence-corrected chi connectivity index (χ1v) is 7.31. The van der Waals surface area contributed by atoms with Crippen LogP contribution in [0.5, 0.6) is 5.75 Å². The third-order valence-electron chi connectivity index (χ3n) is 2.87. The van der Waals surface area contributed by atoms with Crippen LogP contribution in [-0.4, -0.2) is 16.6 Å². The summed E-state index contributed by atoms with van der Waals surface area (Å²) in [7, 11) is 0. The molecule has 0 bridgehead atoms. The maximum Gasteiger partial charge on any atom is 0.252 e. The second-order valence-corrected chi connectivity index (χ2v) is 4.84. The second kappa shape index (κ2) is 7.47. The van der Waals surface area contributed by atoms with Gasteiger partial charge in [0, 0.05) is 23.5 Å². The molecular weight excluding hydrogens is 266 g/mol. The quantitative estimate of drug-likeness (QED) is 0.820. The number of hydrogen-bond donors (Lipinski definition) is 2. The highest BCUT2D eigenvalue weighted by atomic mass is 16.5. The first kappa shape index (κ1) is 15.1. The van der Waals surface area contributed by atoms with Crippen molar-refractivity contribution in [3.8, 4) is 5.75 Å². The number of aryl methyl sites for hydroxylation is 1. The summed E-state index contributed by atoms with van der Waals surface area (Å²) in [6.07, 6.45) is 2.71. The molecule has 1 heterocycles. The van der Waals surface area contributed by atoms with Gasteiger partial charge in [-0.1, -0.05) is 26.3 Å². The molecule has 1 aromatic carbocycles. The van der Waals surface area contributed by atoms with E-state index in [4.69, 9.17) is 4.74 Å². The van der Waals surface area contributed by atoms with Crippen molar-refractivity contribution in [1.82, 2.24) is 9.97 Å². The summed E-state index contributed by atoms with van der Waals surface area (Å²) >= 11 is 0. The standard InChI is InChI=1S/C16H21N3O2/c1-3-6-12-11-15(20)19-16(17-12)18-13-7-5-8-14(10-13)21-9-4-2/h5,7-8,10-11H,3-4,6,9H2,1-2H3,(H2,17,18,19,20). The number of aromatic amines is 1. The molecule has 0 atom stereocenters. The van der Waals surface area contributed by atoms with Gasteiger partial charge in [-0.05, 0) is 25.0 Å². The van der Waals surface area contributed by atoms with E-state index in [-0.39, 0.29) is 5.56 Å². The van der Waals surface area contributed by atoms with Crippen LogP contribution in [0.25, 0.3) is 0 Å². The predicted molar refractivity (Wildman–Crippen MR) is 84.4 cm³/mol. The number of rotatable bonds is 7. The molecule has 0 saturated carbocycles. The number of anilines is 2. The van der Waals surface area contributed by atoms with Crippen LogP contribution in [0, 0.1) is 0 Å². The lowest BCUT2D eigenvalue weighted by Crippen LogP contribution is -2.12. The van der Waals surface area contributed by atoms with E-state index >= 15 is 0 Å². The average molecular weight is 287 g/mol. The summed E-state index contributed by atoms with van der Waals surface area (Å²) in [6, 6.07) is 9.15. The number of benzene rings is 1. The lowest BCUT2D eigenvalue weighted by atomic mass is 10.2. The van der Waals surface area contributed by atoms with Gasteiger partial charge in [0.05, 0.1) is 6.61 Å². The fraction of sp³-hybridized carbons (Fsp3) is 0.375. The van der Waals surface area contributed by atoms with Gasteiger partial charge in [0.25, 0.3) is 5.56 Å². The predicted octanol–water partition coefficient (Wildman–Crippen LogP) is 3.25. The molecule has 0 fully saturated rings. The normalized spacial score (nSPS) is 10.4. The molecule has 0 saturated heterocycles. The van der Waals surface area contributed by atoms with Crippen molar-refractivity contribution >= 4 is 11.6 Å². The van der Waals surface area contributed by atoms with E-state index in [0.29, 0.717) is 12.6 Å². The Labute approximate surface area is 124 Å². The zero-order valence-electron chi connectivity index (χ0n) is 12.5. The van der Waals surface area contributed by atoms with Gasteiger partial charge >= 0.3 is 0 Å². The molecule has 112 valence electrons. The highest BCUT2D eigenvalue weighted by molar-refractivity contribution is 5.55. The van der Waals surface area contributed by atoms with Crippen molar-refractivity contribution in [2.24, 2.45) is 0 Å². The first-order chi connectivity index (χ1) is 10.2. The van der Waals surface area contributed by atoms with Crippen LogP contribution in [0.3, 0.4) is 0 Å². The molecule has 0 aliphatic heterocycles. The molecule has 0 aliphatic rings. The van der Waals surface area contributed by atoms with Gasteiger partial charge in [0.1, 0.15) is 5.75 Å². The molecular formula is C16H21N3O2. The fourth-order valence-corrected chi connectivity index (χ4v) is 1.97. The first-order valence-electron chi connectivity index (χ1n) is 7.31. The Balaban J connectivity index is 2.15. The summed E-state index contributed by atoms with van der Waals surface area (Å²) in [6.45, 7) is 4.81. The van der Waals surface area contributed by atoms with E-state index < -0.39 is 0 Å². The largest absolute Gasteiger partial charge is 0.494 e. The number of aromatic nitrogens is 2. The third kappa shape index (κ3) is 4.63. The molecule has 2 rings (SSSR count). The number of nitrogens with zero attached hydrogens (tertiary/aromatic N) is 1. The van der Waals surface area contributed by atoms with E-state index in [0.717, 1.165) is 36.4 Å². The number of nitrogens with one attached hydrogen (secondary N) is 2. The van der Waals surface area contributed by atoms with Gasteiger partial charge < -0.3 is 10.1 Å². The van der Waals surface area contributed by atoms with Crippen LogP contribution < -0.4 is 15.6 Å². The lowest BCUT2D eigenvalue weighted by Gasteiger charge is -2.09. The summed E-state index contributed by atoms with van der Waals surface area (Å²) in [5.41, 5.74) is 1.48. The third-order valence-corrected chi connectivity index (χ3v) is 2.87. The molecule has 0 unspecified atom stereocenters. The molecule has 5 nitrogen and oxygen atoms in total. The van der Waals surface area contributed by atoms with Crippen molar-refractivity contribution in [2.45, 2.75) is 33.1 Å². The van der Waals surface area contributed by atoms with Crippen LogP contribution in [0.4, 0.5) is 11.6 Å². The average Bonchev–Trinajstić information content (AvgIpc) is 2.45. The van der Waals surface area contributed by atoms with Crippen molar-refractivity contribution in [1.29, 1.82) is 0 Å². The van der Waals surface area contributed by atoms with E-state index in [9.17, 15) is 4.79 Å². The minimum Gasteiger partial charge on any atom is -0.494 e. The van der Waals surface area contributed by atoms with E-state index in [1.807, 2.05) is 24.3 Å². The molecule has 1 aromatic heterocycles. The van der Waals surface area contributed by atoms with Crippen molar-refractivity contribution in [2.75, 3.05) is 11.9 Å². The Morgan fingerprint density at radius 3 is 2.86 bits per heavy atom. The van der Waals surface area contributed by atoms with Crippen LogP contribution in [0.15, 0.2) is 35.1 Å². The zero-order chi connectivity index (χ0) is 15.1. The minimum atomic E-state index is -0.144. The maximum atomic E-state index is 11.6. The molecule has 0 spiro atoms. The Hall–Kier alpha value is -2.30. The van der Waals surface area contributed by atoms with Gasteiger partial charge in [-0.15, -0.1) is 0 Å². The highest BCUT2D eigenvalue weighted by Gasteiger charge is 2.02. The highest BCUT2D eigenvalue weighted by Crippen LogP contribution is 2.19. The number of hydrogen-bond acceptors (Lipinski definition) is 4. The molecule has 2 aromatic rings. The van der Waals surface area contributed by atoms with Crippen LogP contribution >= 0.6 is 0 Å². The molecule has 0 amide bonds. The summed E-state index contributed by atoms with van der Waals surface area (Å²) in [5, 5.41) is 3.11. The van der Waals surface area contributed by atoms with Crippen LogP contribution in [-0.2, 0) is 6.42 Å². The van der Waals surface area contributed by atoms with E-state index in [2.05, 4.69) is 29.1 Å². The molecule has 2 N–H and O–H groups in total. The molecule has 0 radical (unpaired) electrons.